The van der Waals surface area contributed by atoms with Crippen molar-refractivity contribution < 1.29 is 14.3 Å². The second-order valence-electron chi connectivity index (χ2n) is 13.6. The normalized spacial score (nSPS) is 18.5. The molecule has 0 atom stereocenters. The first-order valence-corrected chi connectivity index (χ1v) is 15.9. The molecule has 2 aromatic heterocycles. The molecule has 46 heavy (non-hydrogen) atoms. The third kappa shape index (κ3) is 5.75. The Morgan fingerprint density at radius 1 is 0.891 bits per heavy atom. The van der Waals surface area contributed by atoms with E-state index in [9.17, 15) is 9.59 Å². The second-order valence-corrected chi connectivity index (χ2v) is 13.6. The fourth-order valence-corrected chi connectivity index (χ4v) is 7.08. The number of methoxy groups -OCH3 is 1. The predicted molar refractivity (Wildman–Crippen MR) is 181 cm³/mol. The largest absolute Gasteiger partial charge is 0.453 e. The van der Waals surface area contributed by atoms with Gasteiger partial charge < -0.3 is 25.6 Å². The third-order valence-corrected chi connectivity index (χ3v) is 9.84. The molecule has 11 nitrogen and oxygen atoms in total. The van der Waals surface area contributed by atoms with Crippen molar-refractivity contribution >= 4 is 29.3 Å². The lowest BCUT2D eigenvalue weighted by Crippen LogP contribution is -2.61. The molecule has 0 unspecified atom stereocenters. The van der Waals surface area contributed by atoms with Crippen molar-refractivity contribution in [2.75, 3.05) is 51.4 Å². The van der Waals surface area contributed by atoms with Crippen molar-refractivity contribution in [2.24, 2.45) is 0 Å². The number of aromatic nitrogens is 3. The van der Waals surface area contributed by atoms with Gasteiger partial charge in [0.05, 0.1) is 18.9 Å². The van der Waals surface area contributed by atoms with Crippen LogP contribution in [-0.4, -0.2) is 98.8 Å². The van der Waals surface area contributed by atoms with E-state index in [4.69, 9.17) is 15.5 Å². The fraction of sp³-hybridized carbons (Fsp3) is 0.429. The number of nitrogens with two attached hydrogens (primary N) is 1. The van der Waals surface area contributed by atoms with Crippen LogP contribution in [0.3, 0.4) is 0 Å². The minimum atomic E-state index is -0.368. The number of anilines is 2. The lowest BCUT2D eigenvalue weighted by Gasteiger charge is -2.53. The van der Waals surface area contributed by atoms with Gasteiger partial charge in [-0.3, -0.25) is 9.69 Å². The summed E-state index contributed by atoms with van der Waals surface area (Å²) in [5.74, 6) is 1.17. The first-order chi connectivity index (χ1) is 21.9. The predicted octanol–water partition coefficient (Wildman–Crippen LogP) is 5.23. The maximum Gasteiger partial charge on any atom is 0.409 e. The van der Waals surface area contributed by atoms with Gasteiger partial charge in [-0.25, -0.2) is 9.78 Å². The van der Waals surface area contributed by atoms with Crippen molar-refractivity contribution in [3.63, 3.8) is 0 Å². The van der Waals surface area contributed by atoms with Crippen LogP contribution in [0.25, 0.3) is 27.9 Å². The van der Waals surface area contributed by atoms with Gasteiger partial charge >= 0.3 is 6.09 Å². The van der Waals surface area contributed by atoms with Crippen molar-refractivity contribution in [1.29, 1.82) is 0 Å². The van der Waals surface area contributed by atoms with E-state index in [0.29, 0.717) is 43.2 Å². The average Bonchev–Trinajstić information content (AvgIpc) is 3.47. The Kier molecular flexibility index (Phi) is 8.14. The lowest BCUT2D eigenvalue weighted by atomic mass is 9.77. The molecule has 2 aliphatic heterocycles. The highest BCUT2D eigenvalue weighted by atomic mass is 16.5. The number of hydrogen-bond acceptors (Lipinski definition) is 8. The van der Waals surface area contributed by atoms with Gasteiger partial charge in [0.1, 0.15) is 11.6 Å². The Balaban J connectivity index is 1.32. The summed E-state index contributed by atoms with van der Waals surface area (Å²) in [7, 11) is 3.57. The van der Waals surface area contributed by atoms with Gasteiger partial charge in [-0.15, -0.1) is 0 Å². The number of piperidine rings is 1. The number of carbonyl (C=O) groups is 2. The summed E-state index contributed by atoms with van der Waals surface area (Å²) in [4.78, 5) is 36.1. The maximum absolute atomic E-state index is 13.3. The number of rotatable bonds is 5. The summed E-state index contributed by atoms with van der Waals surface area (Å²) in [6.07, 6.45) is 3.31. The van der Waals surface area contributed by atoms with Crippen LogP contribution in [0, 0.1) is 0 Å². The number of benzene rings is 2. The molecule has 11 heteroatoms. The van der Waals surface area contributed by atoms with Crippen LogP contribution in [0.15, 0.2) is 60.8 Å². The SMILES string of the molecule is COC(=O)N1CCN(C(=O)c2ccc(-c3cnn4c(N)c(-c5ccccc5)c(NC5CC(C)(C)N(C)C(C)(C)C5)nc34)cc2)CC1. The van der Waals surface area contributed by atoms with Gasteiger partial charge in [-0.1, -0.05) is 42.5 Å². The van der Waals surface area contributed by atoms with Gasteiger partial charge in [-0.05, 0) is 70.8 Å². The Morgan fingerprint density at radius 3 is 2.11 bits per heavy atom. The summed E-state index contributed by atoms with van der Waals surface area (Å²) in [6.45, 7) is 11.0. The number of amides is 2. The van der Waals surface area contributed by atoms with Crippen LogP contribution in [0.5, 0.6) is 0 Å². The molecular formula is C35H44N8O3. The van der Waals surface area contributed by atoms with E-state index >= 15 is 0 Å². The first kappa shape index (κ1) is 31.3. The molecule has 4 heterocycles. The zero-order valence-electron chi connectivity index (χ0n) is 27.6. The minimum Gasteiger partial charge on any atom is -0.453 e. The highest BCUT2D eigenvalue weighted by Gasteiger charge is 2.43. The number of nitrogens with zero attached hydrogens (tertiary/aromatic N) is 6. The summed E-state index contributed by atoms with van der Waals surface area (Å²) in [5, 5.41) is 8.48. The Morgan fingerprint density at radius 2 is 1.50 bits per heavy atom. The Bertz CT molecular complexity index is 1720. The molecule has 4 aromatic rings. The monoisotopic (exact) mass is 624 g/mol. The van der Waals surface area contributed by atoms with E-state index in [0.717, 1.165) is 40.9 Å². The number of ether oxygens (including phenoxy) is 1. The molecule has 2 aromatic carbocycles. The van der Waals surface area contributed by atoms with Crippen molar-refractivity contribution in [3.05, 3.63) is 66.4 Å². The van der Waals surface area contributed by atoms with Crippen LogP contribution < -0.4 is 11.1 Å². The van der Waals surface area contributed by atoms with Gasteiger partial charge in [0.15, 0.2) is 5.65 Å². The van der Waals surface area contributed by atoms with Gasteiger partial charge in [-0.2, -0.15) is 9.61 Å². The number of likely N-dealkylation sites (tertiary alicyclic amines) is 1. The molecule has 242 valence electrons. The average molecular weight is 625 g/mol. The van der Waals surface area contributed by atoms with E-state index in [1.54, 1.807) is 20.5 Å². The molecule has 6 rings (SSSR count). The zero-order valence-corrected chi connectivity index (χ0v) is 27.6. The third-order valence-electron chi connectivity index (χ3n) is 9.84. The topological polar surface area (TPSA) is 121 Å². The van der Waals surface area contributed by atoms with Crippen LogP contribution in [0.1, 0.15) is 50.9 Å². The highest BCUT2D eigenvalue weighted by molar-refractivity contribution is 5.95. The molecule has 0 saturated carbocycles. The maximum atomic E-state index is 13.3. The van der Waals surface area contributed by atoms with Crippen LogP contribution >= 0.6 is 0 Å². The molecule has 0 spiro atoms. The highest BCUT2D eigenvalue weighted by Crippen LogP contribution is 2.41. The molecule has 0 radical (unpaired) electrons. The van der Waals surface area contributed by atoms with Crippen molar-refractivity contribution in [1.82, 2.24) is 29.3 Å². The smallest absolute Gasteiger partial charge is 0.409 e. The van der Waals surface area contributed by atoms with E-state index < -0.39 is 0 Å². The summed E-state index contributed by atoms with van der Waals surface area (Å²) in [6, 6.07) is 17.8. The lowest BCUT2D eigenvalue weighted by molar-refractivity contribution is -0.00772. The number of nitrogens with one attached hydrogen (secondary N) is 1. The number of fused-ring (bicyclic) bond motifs is 1. The molecule has 3 N–H and O–H groups in total. The summed E-state index contributed by atoms with van der Waals surface area (Å²) >= 11 is 0. The summed E-state index contributed by atoms with van der Waals surface area (Å²) in [5.41, 5.74) is 11.6. The molecule has 2 aliphatic rings. The van der Waals surface area contributed by atoms with E-state index in [1.165, 1.54) is 7.11 Å². The van der Waals surface area contributed by atoms with E-state index in [-0.39, 0.29) is 29.1 Å². The van der Waals surface area contributed by atoms with Crippen LogP contribution in [0.2, 0.25) is 0 Å². The standard InChI is InChI=1S/C35H44N8O3/c1-34(2)20-26(21-35(3,4)40(34)5)38-30-28(24-10-8-7-9-11-24)29(36)43-31(39-30)27(22-37-43)23-12-14-25(15-13-23)32(44)41-16-18-42(19-17-41)33(45)46-6/h7-15,22,26H,16-21,36H2,1-6H3,(H,38,39). The first-order valence-electron chi connectivity index (χ1n) is 15.9. The molecule has 0 aliphatic carbocycles. The van der Waals surface area contributed by atoms with E-state index in [2.05, 4.69) is 50.1 Å². The van der Waals surface area contributed by atoms with E-state index in [1.807, 2.05) is 54.6 Å². The van der Waals surface area contributed by atoms with Gasteiger partial charge in [0.25, 0.3) is 5.91 Å². The fourth-order valence-electron chi connectivity index (χ4n) is 7.08. The Labute approximate surface area is 270 Å². The second kappa shape index (κ2) is 11.9. The van der Waals surface area contributed by atoms with Crippen molar-refractivity contribution in [2.45, 2.75) is 57.7 Å². The number of carbonyl (C=O) groups excluding carboxylic acids is 2. The molecule has 0 bridgehead atoms. The van der Waals surface area contributed by atoms with Gasteiger partial charge in [0, 0.05) is 54.4 Å². The molecule has 2 saturated heterocycles. The minimum absolute atomic E-state index is 0.00213. The van der Waals surface area contributed by atoms with Crippen LogP contribution in [0.4, 0.5) is 16.4 Å². The number of piperazine rings is 1. The van der Waals surface area contributed by atoms with Crippen LogP contribution in [-0.2, 0) is 4.74 Å². The summed E-state index contributed by atoms with van der Waals surface area (Å²) < 4.78 is 6.51. The van der Waals surface area contributed by atoms with Crippen molar-refractivity contribution in [3.8, 4) is 22.3 Å². The zero-order chi connectivity index (χ0) is 32.8. The molecule has 2 fully saturated rings. The number of nitrogen functional groups attached to an aromatic ring is 1. The molecule has 2 amide bonds. The number of hydrogen-bond donors (Lipinski definition) is 2. The van der Waals surface area contributed by atoms with Gasteiger partial charge in [0.2, 0.25) is 0 Å². The quantitative estimate of drug-likeness (QED) is 0.310. The Hall–Kier alpha value is -4.64. The molecular weight excluding hydrogens is 580 g/mol.